The molecule has 0 fully saturated rings. The SMILES string of the molecule is CCOC(c1noc(-c2sccc2O)n1)C(C)(C)C. The Bertz CT molecular complexity index is 542. The summed E-state index contributed by atoms with van der Waals surface area (Å²) >= 11 is 1.36. The van der Waals surface area contributed by atoms with Crippen LogP contribution in [0.5, 0.6) is 5.75 Å². The topological polar surface area (TPSA) is 68.4 Å². The first-order valence-corrected chi connectivity index (χ1v) is 7.03. The van der Waals surface area contributed by atoms with Crippen LogP contribution in [0.25, 0.3) is 10.8 Å². The first-order chi connectivity index (χ1) is 8.93. The number of hydrogen-bond donors (Lipinski definition) is 1. The van der Waals surface area contributed by atoms with Crippen LogP contribution in [0.15, 0.2) is 16.0 Å². The average molecular weight is 282 g/mol. The first-order valence-electron chi connectivity index (χ1n) is 6.15. The summed E-state index contributed by atoms with van der Waals surface area (Å²) in [6.45, 7) is 8.70. The molecule has 1 N–H and O–H groups in total. The van der Waals surface area contributed by atoms with Gasteiger partial charge in [0.2, 0.25) is 5.82 Å². The molecule has 104 valence electrons. The van der Waals surface area contributed by atoms with Crippen LogP contribution in [0.3, 0.4) is 0 Å². The van der Waals surface area contributed by atoms with Crippen LogP contribution < -0.4 is 0 Å². The Morgan fingerprint density at radius 1 is 1.47 bits per heavy atom. The van der Waals surface area contributed by atoms with Gasteiger partial charge in [-0.05, 0) is 23.8 Å². The Hall–Kier alpha value is -1.40. The Labute approximate surface area is 116 Å². The van der Waals surface area contributed by atoms with Crippen molar-refractivity contribution >= 4 is 11.3 Å². The molecule has 0 aromatic carbocycles. The lowest BCUT2D eigenvalue weighted by molar-refractivity contribution is -0.0203. The largest absolute Gasteiger partial charge is 0.506 e. The van der Waals surface area contributed by atoms with Crippen molar-refractivity contribution < 1.29 is 14.4 Å². The molecule has 2 heterocycles. The predicted octanol–water partition coefficient (Wildman–Crippen LogP) is 3.63. The van der Waals surface area contributed by atoms with E-state index in [1.54, 1.807) is 11.4 Å². The molecular weight excluding hydrogens is 264 g/mol. The van der Waals surface area contributed by atoms with Gasteiger partial charge in [-0.15, -0.1) is 11.3 Å². The van der Waals surface area contributed by atoms with Crippen molar-refractivity contribution in [3.63, 3.8) is 0 Å². The molecule has 0 saturated carbocycles. The van der Waals surface area contributed by atoms with E-state index in [-0.39, 0.29) is 17.3 Å². The minimum absolute atomic E-state index is 0.130. The van der Waals surface area contributed by atoms with Crippen LogP contribution in [-0.4, -0.2) is 21.9 Å². The smallest absolute Gasteiger partial charge is 0.271 e. The molecule has 2 aromatic rings. The second kappa shape index (κ2) is 5.30. The zero-order valence-corrected chi connectivity index (χ0v) is 12.3. The number of ether oxygens (including phenoxy) is 1. The number of aromatic nitrogens is 2. The van der Waals surface area contributed by atoms with E-state index in [0.29, 0.717) is 23.2 Å². The third-order valence-electron chi connectivity index (χ3n) is 2.63. The maximum absolute atomic E-state index is 9.67. The highest BCUT2D eigenvalue weighted by Crippen LogP contribution is 2.37. The van der Waals surface area contributed by atoms with E-state index in [0.717, 1.165) is 0 Å². The van der Waals surface area contributed by atoms with E-state index >= 15 is 0 Å². The minimum atomic E-state index is -0.239. The molecule has 0 bridgehead atoms. The lowest BCUT2D eigenvalue weighted by atomic mass is 9.88. The van der Waals surface area contributed by atoms with Gasteiger partial charge in [-0.1, -0.05) is 25.9 Å². The van der Waals surface area contributed by atoms with Gasteiger partial charge in [-0.3, -0.25) is 0 Å². The maximum Gasteiger partial charge on any atom is 0.271 e. The summed E-state index contributed by atoms with van der Waals surface area (Å²) in [5, 5.41) is 15.4. The van der Waals surface area contributed by atoms with E-state index in [4.69, 9.17) is 9.26 Å². The van der Waals surface area contributed by atoms with Crippen LogP contribution in [0, 0.1) is 5.41 Å². The van der Waals surface area contributed by atoms with Crippen LogP contribution in [0.4, 0.5) is 0 Å². The monoisotopic (exact) mass is 282 g/mol. The van der Waals surface area contributed by atoms with Gasteiger partial charge >= 0.3 is 0 Å². The molecule has 1 atom stereocenters. The van der Waals surface area contributed by atoms with Gasteiger partial charge in [0.25, 0.3) is 5.89 Å². The van der Waals surface area contributed by atoms with Crippen LogP contribution in [0.2, 0.25) is 0 Å². The van der Waals surface area contributed by atoms with Crippen molar-refractivity contribution in [3.8, 4) is 16.5 Å². The van der Waals surface area contributed by atoms with E-state index in [2.05, 4.69) is 30.9 Å². The molecule has 0 radical (unpaired) electrons. The number of nitrogens with zero attached hydrogens (tertiary/aromatic N) is 2. The summed E-state index contributed by atoms with van der Waals surface area (Å²) < 4.78 is 10.9. The molecule has 6 heteroatoms. The second-order valence-electron chi connectivity index (χ2n) is 5.29. The predicted molar refractivity (Wildman–Crippen MR) is 73.1 cm³/mol. The summed E-state index contributed by atoms with van der Waals surface area (Å²) in [7, 11) is 0. The van der Waals surface area contributed by atoms with Gasteiger partial charge in [-0.2, -0.15) is 4.98 Å². The second-order valence-corrected chi connectivity index (χ2v) is 6.21. The molecule has 0 aliphatic heterocycles. The fraction of sp³-hybridized carbons (Fsp3) is 0.538. The van der Waals surface area contributed by atoms with E-state index in [1.165, 1.54) is 11.3 Å². The molecule has 19 heavy (non-hydrogen) atoms. The number of thiophene rings is 1. The van der Waals surface area contributed by atoms with Crippen LogP contribution >= 0.6 is 11.3 Å². The molecule has 0 spiro atoms. The van der Waals surface area contributed by atoms with Crippen molar-refractivity contribution in [2.45, 2.75) is 33.8 Å². The molecule has 0 amide bonds. The lowest BCUT2D eigenvalue weighted by Gasteiger charge is -2.27. The van der Waals surface area contributed by atoms with Crippen molar-refractivity contribution in [1.82, 2.24) is 10.1 Å². The number of rotatable bonds is 4. The molecule has 5 nitrogen and oxygen atoms in total. The van der Waals surface area contributed by atoms with Gasteiger partial charge in [0.1, 0.15) is 16.7 Å². The Balaban J connectivity index is 2.32. The molecule has 2 rings (SSSR count). The molecule has 0 aliphatic rings. The van der Waals surface area contributed by atoms with Crippen molar-refractivity contribution in [3.05, 3.63) is 17.3 Å². The third-order valence-corrected chi connectivity index (χ3v) is 3.53. The van der Waals surface area contributed by atoms with E-state index in [1.807, 2.05) is 6.92 Å². The van der Waals surface area contributed by atoms with Crippen LogP contribution in [0.1, 0.15) is 39.6 Å². The van der Waals surface area contributed by atoms with Crippen molar-refractivity contribution in [2.75, 3.05) is 6.61 Å². The minimum Gasteiger partial charge on any atom is -0.506 e. The molecule has 2 aromatic heterocycles. The highest BCUT2D eigenvalue weighted by atomic mass is 32.1. The zero-order chi connectivity index (χ0) is 14.0. The summed E-state index contributed by atoms with van der Waals surface area (Å²) in [6.07, 6.45) is -0.239. The fourth-order valence-corrected chi connectivity index (χ4v) is 2.48. The standard InChI is InChI=1S/C13H18N2O3S/c1-5-17-10(13(2,3)4)11-14-12(18-15-11)9-8(16)6-7-19-9/h6-7,10,16H,5H2,1-4H3. The molecule has 0 saturated heterocycles. The summed E-state index contributed by atoms with van der Waals surface area (Å²) in [4.78, 5) is 4.93. The highest BCUT2D eigenvalue weighted by molar-refractivity contribution is 7.13. The Morgan fingerprint density at radius 3 is 2.74 bits per heavy atom. The van der Waals surface area contributed by atoms with Gasteiger partial charge in [0.05, 0.1) is 0 Å². The fourth-order valence-electron chi connectivity index (χ4n) is 1.77. The summed E-state index contributed by atoms with van der Waals surface area (Å²) in [6, 6.07) is 1.60. The van der Waals surface area contributed by atoms with Gasteiger partial charge in [0.15, 0.2) is 0 Å². The van der Waals surface area contributed by atoms with E-state index in [9.17, 15) is 5.11 Å². The Kier molecular flexibility index (Phi) is 3.91. The third kappa shape index (κ3) is 2.96. The van der Waals surface area contributed by atoms with Gasteiger partial charge in [0, 0.05) is 6.61 Å². The number of hydrogen-bond acceptors (Lipinski definition) is 6. The lowest BCUT2D eigenvalue weighted by Crippen LogP contribution is -2.22. The maximum atomic E-state index is 9.67. The first kappa shape index (κ1) is 14.0. The molecule has 0 aliphatic carbocycles. The highest BCUT2D eigenvalue weighted by Gasteiger charge is 2.31. The summed E-state index contributed by atoms with van der Waals surface area (Å²) in [5.41, 5.74) is -0.130. The van der Waals surface area contributed by atoms with Gasteiger partial charge < -0.3 is 14.4 Å². The van der Waals surface area contributed by atoms with Gasteiger partial charge in [-0.25, -0.2) is 0 Å². The number of aromatic hydroxyl groups is 1. The summed E-state index contributed by atoms with van der Waals surface area (Å²) in [5.74, 6) is 0.998. The van der Waals surface area contributed by atoms with Crippen LogP contribution in [-0.2, 0) is 4.74 Å². The quantitative estimate of drug-likeness (QED) is 0.927. The van der Waals surface area contributed by atoms with Crippen molar-refractivity contribution in [1.29, 1.82) is 0 Å². The molecular formula is C13H18N2O3S. The Morgan fingerprint density at radius 2 is 2.21 bits per heavy atom. The normalized spacial score (nSPS) is 13.7. The zero-order valence-electron chi connectivity index (χ0n) is 11.5. The average Bonchev–Trinajstić information content (AvgIpc) is 2.92. The van der Waals surface area contributed by atoms with E-state index < -0.39 is 0 Å². The van der Waals surface area contributed by atoms with Crippen molar-refractivity contribution in [2.24, 2.45) is 5.41 Å². The molecule has 1 unspecified atom stereocenters.